The van der Waals surface area contributed by atoms with Gasteiger partial charge in [-0.05, 0) is 47.7 Å². The second-order valence-electron chi connectivity index (χ2n) is 9.73. The van der Waals surface area contributed by atoms with Crippen LogP contribution in [0.25, 0.3) is 0 Å². The largest absolute Gasteiger partial charge is 0.355 e. The summed E-state index contributed by atoms with van der Waals surface area (Å²) in [7, 11) is -3.83. The molecule has 0 radical (unpaired) electrons. The zero-order chi connectivity index (χ0) is 28.6. The molecule has 208 valence electrons. The highest BCUT2D eigenvalue weighted by Gasteiger charge is 2.33. The fourth-order valence-corrected chi connectivity index (χ4v) is 5.56. The minimum Gasteiger partial charge on any atom is -0.355 e. The van der Waals surface area contributed by atoms with Crippen molar-refractivity contribution in [3.05, 3.63) is 101 Å². The number of hydrogen-bond donors (Lipinski definition) is 1. The molecule has 3 aromatic rings. The van der Waals surface area contributed by atoms with Crippen LogP contribution >= 0.6 is 11.6 Å². The van der Waals surface area contributed by atoms with Crippen LogP contribution in [0.4, 0.5) is 5.69 Å². The highest BCUT2D eigenvalue weighted by molar-refractivity contribution is 7.92. The molecule has 3 aromatic carbocycles. The third kappa shape index (κ3) is 8.31. The van der Waals surface area contributed by atoms with E-state index in [0.717, 1.165) is 27.3 Å². The van der Waals surface area contributed by atoms with E-state index in [-0.39, 0.29) is 24.8 Å². The normalized spacial score (nSPS) is 12.2. The van der Waals surface area contributed by atoms with Crippen molar-refractivity contribution in [1.82, 2.24) is 10.2 Å². The molecule has 39 heavy (non-hydrogen) atoms. The minimum absolute atomic E-state index is 0.0317. The number of nitrogens with zero attached hydrogens (tertiary/aromatic N) is 2. The maximum atomic E-state index is 14.1. The second-order valence-corrected chi connectivity index (χ2v) is 12.1. The number of carbonyl (C=O) groups is 2. The lowest BCUT2D eigenvalue weighted by molar-refractivity contribution is -0.140. The molecule has 9 heteroatoms. The van der Waals surface area contributed by atoms with E-state index in [9.17, 15) is 18.0 Å². The van der Waals surface area contributed by atoms with E-state index >= 15 is 0 Å². The molecule has 0 fully saturated rings. The van der Waals surface area contributed by atoms with Gasteiger partial charge in [0.05, 0.1) is 11.9 Å². The van der Waals surface area contributed by atoms with Crippen molar-refractivity contribution < 1.29 is 18.0 Å². The standard InChI is InChI=1S/C30H36ClN3O4S/c1-5-32-30(36)28(19-23-12-7-6-8-13-23)33(20-24-14-11-15-25(31)18-24)29(35)21-34(39(4,37)38)27-17-10-9-16-26(27)22(2)3/h6-18,22,28H,5,19-21H2,1-4H3,(H,32,36)/t28-/m0/s1. The van der Waals surface area contributed by atoms with Crippen LogP contribution in [0.5, 0.6) is 0 Å². The van der Waals surface area contributed by atoms with Gasteiger partial charge in [0.15, 0.2) is 0 Å². The lowest BCUT2D eigenvalue weighted by atomic mass is 10.0. The van der Waals surface area contributed by atoms with Crippen LogP contribution in [-0.4, -0.2) is 50.5 Å². The second kappa shape index (κ2) is 13.6. The van der Waals surface area contributed by atoms with Gasteiger partial charge in [-0.25, -0.2) is 8.42 Å². The summed E-state index contributed by atoms with van der Waals surface area (Å²) >= 11 is 6.23. The van der Waals surface area contributed by atoms with Crippen molar-refractivity contribution in [3.8, 4) is 0 Å². The van der Waals surface area contributed by atoms with Gasteiger partial charge in [0, 0.05) is 24.5 Å². The zero-order valence-corrected chi connectivity index (χ0v) is 24.4. The number of hydrogen-bond acceptors (Lipinski definition) is 4. The fourth-order valence-electron chi connectivity index (χ4n) is 4.48. The molecular weight excluding hydrogens is 534 g/mol. The van der Waals surface area contributed by atoms with Gasteiger partial charge < -0.3 is 10.2 Å². The molecule has 0 aliphatic heterocycles. The molecule has 3 rings (SSSR count). The lowest BCUT2D eigenvalue weighted by Gasteiger charge is -2.34. The van der Waals surface area contributed by atoms with Crippen molar-refractivity contribution in [1.29, 1.82) is 0 Å². The topological polar surface area (TPSA) is 86.8 Å². The molecule has 0 heterocycles. The van der Waals surface area contributed by atoms with Gasteiger partial charge in [-0.15, -0.1) is 0 Å². The van der Waals surface area contributed by atoms with E-state index in [1.54, 1.807) is 30.3 Å². The SMILES string of the molecule is CCNC(=O)[C@H](Cc1ccccc1)N(Cc1cccc(Cl)c1)C(=O)CN(c1ccccc1C(C)C)S(C)(=O)=O. The molecule has 0 aliphatic rings. The van der Waals surface area contributed by atoms with Gasteiger partial charge in [0.2, 0.25) is 21.8 Å². The number of rotatable bonds is 12. The molecule has 0 spiro atoms. The van der Waals surface area contributed by atoms with Gasteiger partial charge in [0.1, 0.15) is 12.6 Å². The van der Waals surface area contributed by atoms with Crippen LogP contribution in [-0.2, 0) is 32.6 Å². The van der Waals surface area contributed by atoms with Crippen molar-refractivity contribution >= 4 is 39.1 Å². The average Bonchev–Trinajstić information content (AvgIpc) is 2.89. The Balaban J connectivity index is 2.08. The lowest BCUT2D eigenvalue weighted by Crippen LogP contribution is -2.53. The Morgan fingerprint density at radius 2 is 1.56 bits per heavy atom. The maximum Gasteiger partial charge on any atom is 0.244 e. The molecule has 0 bridgehead atoms. The first-order valence-electron chi connectivity index (χ1n) is 12.9. The molecule has 0 unspecified atom stereocenters. The molecule has 7 nitrogen and oxygen atoms in total. The van der Waals surface area contributed by atoms with Gasteiger partial charge in [-0.3, -0.25) is 13.9 Å². The van der Waals surface area contributed by atoms with Crippen LogP contribution in [0, 0.1) is 0 Å². The van der Waals surface area contributed by atoms with Crippen molar-refractivity contribution in [2.75, 3.05) is 23.7 Å². The van der Waals surface area contributed by atoms with Crippen LogP contribution < -0.4 is 9.62 Å². The number of sulfonamides is 1. The van der Waals surface area contributed by atoms with E-state index in [1.165, 1.54) is 4.90 Å². The Hall–Kier alpha value is -3.36. The van der Waals surface area contributed by atoms with E-state index < -0.39 is 28.5 Å². The van der Waals surface area contributed by atoms with Crippen molar-refractivity contribution in [3.63, 3.8) is 0 Å². The van der Waals surface area contributed by atoms with Crippen LogP contribution in [0.3, 0.4) is 0 Å². The molecular formula is C30H36ClN3O4S. The molecule has 2 amide bonds. The molecule has 0 aromatic heterocycles. The Kier molecular flexibility index (Phi) is 10.5. The maximum absolute atomic E-state index is 14.1. The predicted octanol–water partition coefficient (Wildman–Crippen LogP) is 5.01. The first kappa shape index (κ1) is 30.2. The van der Waals surface area contributed by atoms with Crippen LogP contribution in [0.15, 0.2) is 78.9 Å². The Labute approximate surface area is 236 Å². The Morgan fingerprint density at radius 1 is 0.923 bits per heavy atom. The van der Waals surface area contributed by atoms with Crippen LogP contribution in [0.2, 0.25) is 5.02 Å². The van der Waals surface area contributed by atoms with Crippen molar-refractivity contribution in [2.45, 2.75) is 45.7 Å². The molecule has 0 saturated heterocycles. The van der Waals surface area contributed by atoms with E-state index in [0.29, 0.717) is 17.3 Å². The first-order valence-corrected chi connectivity index (χ1v) is 15.2. The van der Waals surface area contributed by atoms with E-state index in [2.05, 4.69) is 5.32 Å². The molecule has 0 saturated carbocycles. The molecule has 1 atom stereocenters. The fraction of sp³-hybridized carbons (Fsp3) is 0.333. The minimum atomic E-state index is -3.83. The van der Waals surface area contributed by atoms with E-state index in [1.807, 2.05) is 69.3 Å². The van der Waals surface area contributed by atoms with Crippen molar-refractivity contribution in [2.24, 2.45) is 0 Å². The molecule has 0 aliphatic carbocycles. The van der Waals surface area contributed by atoms with Gasteiger partial charge in [-0.1, -0.05) is 86.1 Å². The number of anilines is 1. The van der Waals surface area contributed by atoms with Gasteiger partial charge in [-0.2, -0.15) is 0 Å². The quantitative estimate of drug-likeness (QED) is 0.332. The smallest absolute Gasteiger partial charge is 0.244 e. The number of carbonyl (C=O) groups excluding carboxylic acids is 2. The summed E-state index contributed by atoms with van der Waals surface area (Å²) in [6.07, 6.45) is 1.35. The highest BCUT2D eigenvalue weighted by atomic mass is 35.5. The Morgan fingerprint density at radius 3 is 2.18 bits per heavy atom. The summed E-state index contributed by atoms with van der Waals surface area (Å²) < 4.78 is 27.2. The number of amides is 2. The third-order valence-electron chi connectivity index (χ3n) is 6.37. The number of benzene rings is 3. The van der Waals surface area contributed by atoms with E-state index in [4.69, 9.17) is 11.6 Å². The number of nitrogens with one attached hydrogen (secondary N) is 1. The Bertz CT molecular complexity index is 1380. The van der Waals surface area contributed by atoms with Gasteiger partial charge >= 0.3 is 0 Å². The summed E-state index contributed by atoms with van der Waals surface area (Å²) in [6.45, 7) is 5.77. The summed E-state index contributed by atoms with van der Waals surface area (Å²) in [5, 5.41) is 3.35. The summed E-state index contributed by atoms with van der Waals surface area (Å²) in [4.78, 5) is 28.9. The van der Waals surface area contributed by atoms with Gasteiger partial charge in [0.25, 0.3) is 0 Å². The summed E-state index contributed by atoms with van der Waals surface area (Å²) in [6, 6.07) is 22.8. The predicted molar refractivity (Wildman–Crippen MR) is 157 cm³/mol. The van der Waals surface area contributed by atoms with Crippen LogP contribution in [0.1, 0.15) is 43.4 Å². The average molecular weight is 570 g/mol. The zero-order valence-electron chi connectivity index (χ0n) is 22.8. The monoisotopic (exact) mass is 569 g/mol. The summed E-state index contributed by atoms with van der Waals surface area (Å²) in [5.41, 5.74) is 2.86. The number of para-hydroxylation sites is 1. The third-order valence-corrected chi connectivity index (χ3v) is 7.73. The molecule has 1 N–H and O–H groups in total. The summed E-state index contributed by atoms with van der Waals surface area (Å²) in [5.74, 6) is -0.777. The first-order chi connectivity index (χ1) is 18.5. The highest BCUT2D eigenvalue weighted by Crippen LogP contribution is 2.29. The number of halogens is 1. The number of likely N-dealkylation sites (N-methyl/N-ethyl adjacent to an activating group) is 1.